The third-order valence-corrected chi connectivity index (χ3v) is 2.66. The average Bonchev–Trinajstić information content (AvgIpc) is 2.37. The van der Waals surface area contributed by atoms with Crippen LogP contribution in [-0.2, 0) is 6.54 Å². The summed E-state index contributed by atoms with van der Waals surface area (Å²) in [6, 6.07) is 7.01. The maximum Gasteiger partial charge on any atom is 0.338 e. The molecule has 0 aromatic heterocycles. The van der Waals surface area contributed by atoms with Gasteiger partial charge in [-0.1, -0.05) is 12.1 Å². The molecule has 0 unspecified atom stereocenters. The Kier molecular flexibility index (Phi) is 3.93. The second kappa shape index (κ2) is 5.64. The quantitative estimate of drug-likeness (QED) is 0.902. The molecule has 0 aliphatic rings. The molecule has 0 bridgehead atoms. The number of hydrogen-bond donors (Lipinski definition) is 2. The lowest BCUT2D eigenvalue weighted by Crippen LogP contribution is -2.07. The highest BCUT2D eigenvalue weighted by atomic mass is 19.1. The lowest BCUT2D eigenvalue weighted by atomic mass is 10.1. The number of halogens is 3. The Labute approximate surface area is 112 Å². The van der Waals surface area contributed by atoms with Gasteiger partial charge in [0.15, 0.2) is 0 Å². The van der Waals surface area contributed by atoms with Gasteiger partial charge in [-0.15, -0.1) is 0 Å². The van der Waals surface area contributed by atoms with E-state index in [0.29, 0.717) is 11.6 Å². The highest BCUT2D eigenvalue weighted by molar-refractivity contribution is 5.89. The largest absolute Gasteiger partial charge is 0.478 e. The van der Waals surface area contributed by atoms with E-state index in [1.807, 2.05) is 0 Å². The maximum atomic E-state index is 13.5. The first-order chi connectivity index (χ1) is 9.47. The van der Waals surface area contributed by atoms with Crippen molar-refractivity contribution in [1.29, 1.82) is 0 Å². The van der Waals surface area contributed by atoms with Crippen LogP contribution in [0.1, 0.15) is 15.9 Å². The van der Waals surface area contributed by atoms with Crippen LogP contribution in [0.2, 0.25) is 0 Å². The summed E-state index contributed by atoms with van der Waals surface area (Å²) < 4.78 is 39.7. The first kappa shape index (κ1) is 13.9. The number of rotatable bonds is 4. The Morgan fingerprint density at radius 3 is 2.50 bits per heavy atom. The topological polar surface area (TPSA) is 49.3 Å². The van der Waals surface area contributed by atoms with Gasteiger partial charge in [-0.2, -0.15) is 0 Å². The van der Waals surface area contributed by atoms with Crippen LogP contribution in [-0.4, -0.2) is 11.1 Å². The smallest absolute Gasteiger partial charge is 0.338 e. The number of anilines is 1. The molecule has 20 heavy (non-hydrogen) atoms. The van der Waals surface area contributed by atoms with Gasteiger partial charge in [0.25, 0.3) is 0 Å². The highest BCUT2D eigenvalue weighted by Crippen LogP contribution is 2.20. The molecule has 0 spiro atoms. The van der Waals surface area contributed by atoms with Crippen molar-refractivity contribution in [1.82, 2.24) is 0 Å². The molecule has 0 saturated carbocycles. The summed E-state index contributed by atoms with van der Waals surface area (Å²) in [7, 11) is 0. The number of nitrogens with one attached hydrogen (secondary N) is 1. The fourth-order valence-corrected chi connectivity index (χ4v) is 1.69. The standard InChI is InChI=1S/C14H10F3NO2/c15-9-3-1-2-8(4-9)7-18-13-5-10(14(19)20)11(16)6-12(13)17/h1-6,18H,7H2,(H,19,20). The SMILES string of the molecule is O=C(O)c1cc(NCc2cccc(F)c2)c(F)cc1F. The van der Waals surface area contributed by atoms with E-state index in [2.05, 4.69) is 5.32 Å². The minimum absolute atomic E-state index is 0.0827. The van der Waals surface area contributed by atoms with E-state index in [9.17, 15) is 18.0 Å². The summed E-state index contributed by atoms with van der Waals surface area (Å²) in [5.74, 6) is -3.98. The molecule has 0 heterocycles. The summed E-state index contributed by atoms with van der Waals surface area (Å²) in [4.78, 5) is 10.8. The van der Waals surface area contributed by atoms with Crippen molar-refractivity contribution in [2.24, 2.45) is 0 Å². The van der Waals surface area contributed by atoms with Crippen LogP contribution in [0.5, 0.6) is 0 Å². The molecule has 0 radical (unpaired) electrons. The molecule has 0 amide bonds. The minimum atomic E-state index is -1.49. The molecule has 2 rings (SSSR count). The van der Waals surface area contributed by atoms with Gasteiger partial charge in [-0.3, -0.25) is 0 Å². The van der Waals surface area contributed by atoms with Crippen molar-refractivity contribution < 1.29 is 23.1 Å². The van der Waals surface area contributed by atoms with Crippen molar-refractivity contribution in [3.8, 4) is 0 Å². The molecule has 0 atom stereocenters. The van der Waals surface area contributed by atoms with E-state index >= 15 is 0 Å². The van der Waals surface area contributed by atoms with Gasteiger partial charge in [0.1, 0.15) is 17.5 Å². The van der Waals surface area contributed by atoms with Gasteiger partial charge in [0.05, 0.1) is 11.3 Å². The van der Waals surface area contributed by atoms with Crippen molar-refractivity contribution in [2.75, 3.05) is 5.32 Å². The summed E-state index contributed by atoms with van der Waals surface area (Å²) >= 11 is 0. The molecule has 0 fully saturated rings. The average molecular weight is 281 g/mol. The highest BCUT2D eigenvalue weighted by Gasteiger charge is 2.15. The Bertz CT molecular complexity index is 659. The molecule has 0 aliphatic carbocycles. The monoisotopic (exact) mass is 281 g/mol. The molecule has 104 valence electrons. The van der Waals surface area contributed by atoms with Crippen molar-refractivity contribution in [2.45, 2.75) is 6.54 Å². The van der Waals surface area contributed by atoms with Gasteiger partial charge in [-0.25, -0.2) is 18.0 Å². The van der Waals surface area contributed by atoms with Crippen LogP contribution >= 0.6 is 0 Å². The summed E-state index contributed by atoms with van der Waals surface area (Å²) in [5, 5.41) is 11.4. The van der Waals surface area contributed by atoms with Crippen molar-refractivity contribution in [3.05, 3.63) is 65.0 Å². The molecule has 2 aromatic rings. The van der Waals surface area contributed by atoms with E-state index in [-0.39, 0.29) is 12.2 Å². The van der Waals surface area contributed by atoms with Crippen LogP contribution in [0, 0.1) is 17.5 Å². The Morgan fingerprint density at radius 2 is 1.85 bits per heavy atom. The maximum absolute atomic E-state index is 13.5. The normalized spacial score (nSPS) is 10.3. The third-order valence-electron chi connectivity index (χ3n) is 2.66. The van der Waals surface area contributed by atoms with Crippen molar-refractivity contribution in [3.63, 3.8) is 0 Å². The number of hydrogen-bond acceptors (Lipinski definition) is 2. The first-order valence-electron chi connectivity index (χ1n) is 5.68. The molecule has 6 heteroatoms. The van der Waals surface area contributed by atoms with E-state index < -0.39 is 29.0 Å². The van der Waals surface area contributed by atoms with Crippen LogP contribution in [0.25, 0.3) is 0 Å². The molecule has 3 nitrogen and oxygen atoms in total. The second-order valence-corrected chi connectivity index (χ2v) is 4.10. The molecular formula is C14H10F3NO2. The number of carboxylic acids is 1. The zero-order valence-corrected chi connectivity index (χ0v) is 10.2. The van der Waals surface area contributed by atoms with Gasteiger partial charge in [0, 0.05) is 12.6 Å². The molecule has 2 N–H and O–H groups in total. The predicted molar refractivity (Wildman–Crippen MR) is 67.0 cm³/mol. The van der Waals surface area contributed by atoms with Crippen LogP contribution < -0.4 is 5.32 Å². The lowest BCUT2D eigenvalue weighted by Gasteiger charge is -2.09. The molecule has 0 saturated heterocycles. The number of benzene rings is 2. The Hall–Kier alpha value is -2.50. The van der Waals surface area contributed by atoms with E-state index in [1.165, 1.54) is 18.2 Å². The predicted octanol–water partition coefficient (Wildman–Crippen LogP) is 3.41. The van der Waals surface area contributed by atoms with Gasteiger partial charge in [0.2, 0.25) is 0 Å². The van der Waals surface area contributed by atoms with Gasteiger partial charge >= 0.3 is 5.97 Å². The zero-order valence-electron chi connectivity index (χ0n) is 10.2. The third kappa shape index (κ3) is 3.09. The second-order valence-electron chi connectivity index (χ2n) is 4.10. The van der Waals surface area contributed by atoms with Crippen molar-refractivity contribution >= 4 is 11.7 Å². The fourth-order valence-electron chi connectivity index (χ4n) is 1.69. The van der Waals surface area contributed by atoms with Crippen LogP contribution in [0.15, 0.2) is 36.4 Å². The number of aromatic carboxylic acids is 1. The summed E-state index contributed by atoms with van der Waals surface area (Å²) in [6.07, 6.45) is 0. The number of carbonyl (C=O) groups is 1. The zero-order chi connectivity index (χ0) is 14.7. The molecule has 0 aliphatic heterocycles. The minimum Gasteiger partial charge on any atom is -0.478 e. The molecule has 2 aromatic carbocycles. The van der Waals surface area contributed by atoms with E-state index in [4.69, 9.17) is 5.11 Å². The van der Waals surface area contributed by atoms with Gasteiger partial charge < -0.3 is 10.4 Å². The lowest BCUT2D eigenvalue weighted by molar-refractivity contribution is 0.0692. The Balaban J connectivity index is 2.21. The van der Waals surface area contributed by atoms with E-state index in [1.54, 1.807) is 6.07 Å². The summed E-state index contributed by atoms with van der Waals surface area (Å²) in [5.41, 5.74) is -0.244. The van der Waals surface area contributed by atoms with Gasteiger partial charge in [-0.05, 0) is 23.8 Å². The van der Waals surface area contributed by atoms with Crippen LogP contribution in [0.3, 0.4) is 0 Å². The number of carboxylic acid groups (broad SMARTS) is 1. The van der Waals surface area contributed by atoms with E-state index in [0.717, 1.165) is 6.07 Å². The molecular weight excluding hydrogens is 271 g/mol. The fraction of sp³-hybridized carbons (Fsp3) is 0.0714. The first-order valence-corrected chi connectivity index (χ1v) is 5.68. The Morgan fingerprint density at radius 1 is 1.10 bits per heavy atom. The van der Waals surface area contributed by atoms with Crippen LogP contribution in [0.4, 0.5) is 18.9 Å². The summed E-state index contributed by atoms with van der Waals surface area (Å²) in [6.45, 7) is 0.0827.